The second-order valence-electron chi connectivity index (χ2n) is 4.83. The molecular formula is C13H16N4O2S2. The number of thioether (sulfide) groups is 1. The van der Waals surface area contributed by atoms with E-state index in [1.165, 1.54) is 23.1 Å². The molecule has 1 aliphatic heterocycles. The number of aromatic nitrogens is 2. The van der Waals surface area contributed by atoms with Gasteiger partial charge in [0.2, 0.25) is 5.91 Å². The van der Waals surface area contributed by atoms with E-state index < -0.39 is 0 Å². The van der Waals surface area contributed by atoms with E-state index >= 15 is 0 Å². The first-order chi connectivity index (χ1) is 10.2. The van der Waals surface area contributed by atoms with Crippen LogP contribution in [-0.4, -0.2) is 58.4 Å². The van der Waals surface area contributed by atoms with Gasteiger partial charge >= 0.3 is 0 Å². The first-order valence-electron chi connectivity index (χ1n) is 6.73. The zero-order valence-electron chi connectivity index (χ0n) is 11.7. The summed E-state index contributed by atoms with van der Waals surface area (Å²) in [6, 6.07) is 0. The highest BCUT2D eigenvalue weighted by Crippen LogP contribution is 2.26. The van der Waals surface area contributed by atoms with Crippen LogP contribution in [0, 0.1) is 6.92 Å². The fourth-order valence-electron chi connectivity index (χ4n) is 2.35. The Labute approximate surface area is 130 Å². The van der Waals surface area contributed by atoms with Gasteiger partial charge in [0.05, 0.1) is 5.75 Å². The van der Waals surface area contributed by atoms with Gasteiger partial charge in [0.1, 0.15) is 10.7 Å². The number of carbonyl (C=O) groups is 2. The van der Waals surface area contributed by atoms with Crippen LogP contribution in [-0.2, 0) is 4.79 Å². The highest BCUT2D eigenvalue weighted by molar-refractivity contribution is 8.00. The SMILES string of the molecule is Cc1csc2nc(SCC(=O)N3CCNCC3)c(C=O)n12. The largest absolute Gasteiger partial charge is 0.339 e. The normalized spacial score (nSPS) is 15.6. The second kappa shape index (κ2) is 6.17. The van der Waals surface area contributed by atoms with E-state index in [2.05, 4.69) is 10.3 Å². The number of rotatable bonds is 4. The number of thiazole rings is 1. The van der Waals surface area contributed by atoms with Gasteiger partial charge in [0.15, 0.2) is 11.2 Å². The molecule has 6 nitrogen and oxygen atoms in total. The van der Waals surface area contributed by atoms with E-state index in [0.717, 1.165) is 43.1 Å². The molecule has 21 heavy (non-hydrogen) atoms. The van der Waals surface area contributed by atoms with Crippen LogP contribution in [0.25, 0.3) is 4.96 Å². The van der Waals surface area contributed by atoms with Crippen LogP contribution in [0.5, 0.6) is 0 Å². The maximum atomic E-state index is 12.1. The minimum atomic E-state index is 0.103. The molecule has 2 aromatic heterocycles. The van der Waals surface area contributed by atoms with Crippen molar-refractivity contribution >= 4 is 40.3 Å². The standard InChI is InChI=1S/C13H16N4O2S2/c1-9-7-21-13-15-12(10(6-18)17(9)13)20-8-11(19)16-4-2-14-3-5-16/h6-7,14H,2-5,8H2,1H3. The van der Waals surface area contributed by atoms with E-state index in [9.17, 15) is 9.59 Å². The fourth-order valence-corrected chi connectivity index (χ4v) is 4.16. The number of carbonyl (C=O) groups excluding carboxylic acids is 2. The predicted molar refractivity (Wildman–Crippen MR) is 83.4 cm³/mol. The smallest absolute Gasteiger partial charge is 0.233 e. The van der Waals surface area contributed by atoms with Gasteiger partial charge in [-0.25, -0.2) is 4.98 Å². The van der Waals surface area contributed by atoms with E-state index in [1.54, 1.807) is 0 Å². The van der Waals surface area contributed by atoms with Gasteiger partial charge in [-0.15, -0.1) is 11.3 Å². The summed E-state index contributed by atoms with van der Waals surface area (Å²) in [5.74, 6) is 0.427. The van der Waals surface area contributed by atoms with Crippen molar-refractivity contribution in [1.82, 2.24) is 19.6 Å². The lowest BCUT2D eigenvalue weighted by Crippen LogP contribution is -2.47. The molecule has 1 N–H and O–H groups in total. The quantitative estimate of drug-likeness (QED) is 0.672. The lowest BCUT2D eigenvalue weighted by molar-refractivity contribution is -0.128. The molecule has 0 bridgehead atoms. The number of aryl methyl sites for hydroxylation is 1. The number of aldehydes is 1. The number of imidazole rings is 1. The summed E-state index contributed by atoms with van der Waals surface area (Å²) in [7, 11) is 0. The van der Waals surface area contributed by atoms with E-state index in [0.29, 0.717) is 16.5 Å². The molecule has 3 heterocycles. The molecule has 0 saturated carbocycles. The minimum absolute atomic E-state index is 0.103. The van der Waals surface area contributed by atoms with Crippen molar-refractivity contribution < 1.29 is 9.59 Å². The van der Waals surface area contributed by atoms with Crippen LogP contribution >= 0.6 is 23.1 Å². The Morgan fingerprint density at radius 2 is 2.29 bits per heavy atom. The zero-order chi connectivity index (χ0) is 14.8. The van der Waals surface area contributed by atoms with Crippen molar-refractivity contribution in [2.24, 2.45) is 0 Å². The molecule has 1 amide bonds. The summed E-state index contributed by atoms with van der Waals surface area (Å²) in [6.07, 6.45) is 0.817. The van der Waals surface area contributed by atoms with Crippen LogP contribution in [0.15, 0.2) is 10.4 Å². The highest BCUT2D eigenvalue weighted by Gasteiger charge is 2.19. The lowest BCUT2D eigenvalue weighted by Gasteiger charge is -2.27. The molecule has 1 fully saturated rings. The first kappa shape index (κ1) is 14.6. The number of hydrogen-bond acceptors (Lipinski definition) is 6. The number of hydrogen-bond donors (Lipinski definition) is 1. The average Bonchev–Trinajstić information content (AvgIpc) is 3.05. The van der Waals surface area contributed by atoms with Crippen molar-refractivity contribution in [3.8, 4) is 0 Å². The van der Waals surface area contributed by atoms with Gasteiger partial charge in [-0.1, -0.05) is 11.8 Å². The molecule has 1 saturated heterocycles. The van der Waals surface area contributed by atoms with Crippen LogP contribution in [0.4, 0.5) is 0 Å². The number of piperazine rings is 1. The zero-order valence-corrected chi connectivity index (χ0v) is 13.3. The van der Waals surface area contributed by atoms with Gasteiger partial charge in [-0.05, 0) is 6.92 Å². The summed E-state index contributed by atoms with van der Waals surface area (Å²) >= 11 is 2.85. The van der Waals surface area contributed by atoms with E-state index in [1.807, 2.05) is 21.6 Å². The third-order valence-corrected chi connectivity index (χ3v) is 5.36. The molecule has 8 heteroatoms. The van der Waals surface area contributed by atoms with Gasteiger partial charge < -0.3 is 10.2 Å². The minimum Gasteiger partial charge on any atom is -0.339 e. The molecule has 3 rings (SSSR count). The Kier molecular flexibility index (Phi) is 4.27. The summed E-state index contributed by atoms with van der Waals surface area (Å²) in [5.41, 5.74) is 1.53. The first-order valence-corrected chi connectivity index (χ1v) is 8.60. The monoisotopic (exact) mass is 324 g/mol. The second-order valence-corrected chi connectivity index (χ2v) is 6.64. The third kappa shape index (κ3) is 2.83. The molecule has 2 aromatic rings. The van der Waals surface area contributed by atoms with Crippen LogP contribution in [0.2, 0.25) is 0 Å². The van der Waals surface area contributed by atoms with Crippen molar-refractivity contribution in [2.75, 3.05) is 31.9 Å². The van der Waals surface area contributed by atoms with E-state index in [4.69, 9.17) is 0 Å². The number of fused-ring (bicyclic) bond motifs is 1. The molecule has 1 aliphatic rings. The Morgan fingerprint density at radius 3 is 3.00 bits per heavy atom. The molecule has 0 unspecified atom stereocenters. The van der Waals surface area contributed by atoms with Crippen molar-refractivity contribution in [3.05, 3.63) is 16.8 Å². The Morgan fingerprint density at radius 1 is 1.52 bits per heavy atom. The summed E-state index contributed by atoms with van der Waals surface area (Å²) in [6.45, 7) is 5.12. The summed E-state index contributed by atoms with van der Waals surface area (Å²) in [5, 5.41) is 5.83. The van der Waals surface area contributed by atoms with Crippen molar-refractivity contribution in [3.63, 3.8) is 0 Å². The maximum Gasteiger partial charge on any atom is 0.233 e. The number of nitrogens with one attached hydrogen (secondary N) is 1. The van der Waals surface area contributed by atoms with Crippen LogP contribution in [0.3, 0.4) is 0 Å². The van der Waals surface area contributed by atoms with Crippen molar-refractivity contribution in [2.45, 2.75) is 11.9 Å². The lowest BCUT2D eigenvalue weighted by atomic mass is 10.3. The molecule has 0 aromatic carbocycles. The predicted octanol–water partition coefficient (Wildman–Crippen LogP) is 1.04. The third-order valence-electron chi connectivity index (χ3n) is 3.45. The highest BCUT2D eigenvalue weighted by atomic mass is 32.2. The molecular weight excluding hydrogens is 308 g/mol. The van der Waals surface area contributed by atoms with Crippen molar-refractivity contribution in [1.29, 1.82) is 0 Å². The molecule has 0 radical (unpaired) electrons. The van der Waals surface area contributed by atoms with Gasteiger partial charge in [0.25, 0.3) is 0 Å². The molecule has 112 valence electrons. The van der Waals surface area contributed by atoms with Crippen LogP contribution < -0.4 is 5.32 Å². The Bertz CT molecular complexity index is 673. The van der Waals surface area contributed by atoms with Gasteiger partial charge in [-0.2, -0.15) is 0 Å². The summed E-state index contributed by atoms with van der Waals surface area (Å²) in [4.78, 5) is 30.6. The average molecular weight is 324 g/mol. The number of amides is 1. The molecule has 0 atom stereocenters. The number of nitrogens with zero attached hydrogens (tertiary/aromatic N) is 3. The Hall–Kier alpha value is -1.38. The van der Waals surface area contributed by atoms with Gasteiger partial charge in [-0.3, -0.25) is 14.0 Å². The molecule has 0 spiro atoms. The maximum absolute atomic E-state index is 12.1. The molecule has 0 aliphatic carbocycles. The van der Waals surface area contributed by atoms with Gasteiger partial charge in [0, 0.05) is 37.3 Å². The topological polar surface area (TPSA) is 66.7 Å². The van der Waals surface area contributed by atoms with E-state index in [-0.39, 0.29) is 5.91 Å². The Balaban J connectivity index is 1.72. The summed E-state index contributed by atoms with van der Waals surface area (Å²) < 4.78 is 1.84. The van der Waals surface area contributed by atoms with Crippen LogP contribution in [0.1, 0.15) is 16.2 Å². The fraction of sp³-hybridized carbons (Fsp3) is 0.462.